The Hall–Kier alpha value is -2.89. The maximum absolute atomic E-state index is 13.6. The zero-order chi connectivity index (χ0) is 22.9. The van der Waals surface area contributed by atoms with Crippen molar-refractivity contribution in [2.45, 2.75) is 36.9 Å². The molecule has 172 valence electrons. The zero-order valence-electron chi connectivity index (χ0n) is 16.8. The fourth-order valence-corrected chi connectivity index (χ4v) is 3.86. The van der Waals surface area contributed by atoms with Crippen LogP contribution in [0.25, 0.3) is 0 Å². The number of likely N-dealkylation sites (tertiary alicyclic amines) is 1. The Morgan fingerprint density at radius 2 is 1.91 bits per heavy atom. The number of amides is 1. The number of carbonyl (C=O) groups is 1. The summed E-state index contributed by atoms with van der Waals surface area (Å²) in [6.07, 6.45) is -1.86. The van der Waals surface area contributed by atoms with Crippen LogP contribution in [-0.2, 0) is 11.0 Å². The van der Waals surface area contributed by atoms with Crippen LogP contribution in [0.15, 0.2) is 30.7 Å². The molecule has 32 heavy (non-hydrogen) atoms. The van der Waals surface area contributed by atoms with Crippen molar-refractivity contribution in [3.05, 3.63) is 47.7 Å². The van der Waals surface area contributed by atoms with Crippen molar-refractivity contribution in [2.24, 2.45) is 0 Å². The highest BCUT2D eigenvalue weighted by atomic mass is 19.4. The average Bonchev–Trinajstić information content (AvgIpc) is 3.19. The van der Waals surface area contributed by atoms with E-state index in [1.165, 1.54) is 0 Å². The lowest BCUT2D eigenvalue weighted by Gasteiger charge is -2.37. The summed E-state index contributed by atoms with van der Waals surface area (Å²) in [7, 11) is 0. The summed E-state index contributed by atoms with van der Waals surface area (Å²) >= 11 is 0. The topological polar surface area (TPSA) is 80.2 Å². The van der Waals surface area contributed by atoms with Crippen molar-refractivity contribution in [1.82, 2.24) is 25.2 Å². The van der Waals surface area contributed by atoms with E-state index in [0.29, 0.717) is 17.0 Å². The summed E-state index contributed by atoms with van der Waals surface area (Å²) in [5, 5.41) is 2.77. The van der Waals surface area contributed by atoms with Crippen LogP contribution in [0.2, 0.25) is 0 Å². The van der Waals surface area contributed by atoms with E-state index < -0.39 is 29.9 Å². The molecule has 1 fully saturated rings. The quantitative estimate of drug-likeness (QED) is 0.696. The number of ether oxygens (including phenoxy) is 1. The molecule has 2 aliphatic heterocycles. The van der Waals surface area contributed by atoms with E-state index in [9.17, 15) is 26.7 Å². The molecule has 7 nitrogen and oxygen atoms in total. The van der Waals surface area contributed by atoms with E-state index in [1.54, 1.807) is 23.2 Å². The Labute approximate surface area is 180 Å². The van der Waals surface area contributed by atoms with Crippen LogP contribution in [0.5, 0.6) is 5.88 Å². The molecule has 1 saturated heterocycles. The number of carbonyl (C=O) groups excluding carboxylic acids is 1. The summed E-state index contributed by atoms with van der Waals surface area (Å²) in [4.78, 5) is 25.3. The van der Waals surface area contributed by atoms with Crippen LogP contribution in [0.1, 0.15) is 41.8 Å². The van der Waals surface area contributed by atoms with E-state index in [4.69, 9.17) is 4.74 Å². The van der Waals surface area contributed by atoms with Crippen LogP contribution < -0.4 is 10.1 Å². The van der Waals surface area contributed by atoms with E-state index >= 15 is 0 Å². The first-order valence-corrected chi connectivity index (χ1v) is 10.0. The largest absolute Gasteiger partial charge is 0.476 e. The number of nitrogens with one attached hydrogen (secondary N) is 1. The maximum atomic E-state index is 13.6. The van der Waals surface area contributed by atoms with Crippen molar-refractivity contribution >= 4 is 5.91 Å². The molecule has 2 aromatic rings. The molecule has 2 aliphatic rings. The lowest BCUT2D eigenvalue weighted by Crippen LogP contribution is -2.45. The molecular weight excluding hydrogens is 437 g/mol. The normalized spacial score (nSPS) is 21.5. The molecule has 1 amide bonds. The molecule has 4 heterocycles. The Kier molecular flexibility index (Phi) is 5.97. The van der Waals surface area contributed by atoms with Crippen molar-refractivity contribution in [2.75, 3.05) is 26.2 Å². The van der Waals surface area contributed by atoms with Crippen LogP contribution in [0.3, 0.4) is 0 Å². The molecule has 2 unspecified atom stereocenters. The monoisotopic (exact) mass is 457 g/mol. The highest BCUT2D eigenvalue weighted by molar-refractivity contribution is 5.85. The van der Waals surface area contributed by atoms with E-state index in [0.717, 1.165) is 12.4 Å². The van der Waals surface area contributed by atoms with Gasteiger partial charge >= 0.3 is 6.18 Å². The fraction of sp³-hybridized carbons (Fsp3) is 0.500. The third-order valence-electron chi connectivity index (χ3n) is 5.63. The third kappa shape index (κ3) is 4.79. The number of piperidine rings is 1. The van der Waals surface area contributed by atoms with Gasteiger partial charge in [-0.25, -0.2) is 23.7 Å². The first-order valence-electron chi connectivity index (χ1n) is 10.0. The highest BCUT2D eigenvalue weighted by Crippen LogP contribution is 2.34. The smallest absolute Gasteiger partial charge is 0.451 e. The van der Waals surface area contributed by atoms with Gasteiger partial charge in [0.05, 0.1) is 6.04 Å². The lowest BCUT2D eigenvalue weighted by molar-refractivity contribution is -0.145. The van der Waals surface area contributed by atoms with Gasteiger partial charge in [-0.15, -0.1) is 0 Å². The van der Waals surface area contributed by atoms with Crippen LogP contribution in [0.4, 0.5) is 22.0 Å². The summed E-state index contributed by atoms with van der Waals surface area (Å²) in [5.41, 5.74) is 0.935. The van der Waals surface area contributed by atoms with Gasteiger partial charge in [-0.2, -0.15) is 13.2 Å². The van der Waals surface area contributed by atoms with Crippen LogP contribution in [0, 0.1) is 0 Å². The predicted molar refractivity (Wildman–Crippen MR) is 101 cm³/mol. The maximum Gasteiger partial charge on any atom is 0.451 e. The first-order chi connectivity index (χ1) is 15.1. The van der Waals surface area contributed by atoms with Crippen LogP contribution >= 0.6 is 0 Å². The number of halogens is 5. The number of fused-ring (bicyclic) bond motifs is 1. The number of pyridine rings is 1. The fourth-order valence-electron chi connectivity index (χ4n) is 3.86. The Balaban J connectivity index is 1.50. The molecule has 0 aliphatic carbocycles. The number of hydrogen-bond acceptors (Lipinski definition) is 6. The van der Waals surface area contributed by atoms with Gasteiger partial charge in [0.25, 0.3) is 5.92 Å². The highest BCUT2D eigenvalue weighted by Gasteiger charge is 2.39. The van der Waals surface area contributed by atoms with Crippen molar-refractivity contribution < 1.29 is 31.5 Å². The second kappa shape index (κ2) is 8.57. The molecule has 2 aromatic heterocycles. The number of aromatic nitrogens is 3. The molecular formula is C20H20F5N5O2. The average molecular weight is 457 g/mol. The van der Waals surface area contributed by atoms with Crippen molar-refractivity contribution in [3.63, 3.8) is 0 Å². The number of nitrogens with zero attached hydrogens (tertiary/aromatic N) is 4. The molecule has 4 rings (SSSR count). The molecule has 12 heteroatoms. The van der Waals surface area contributed by atoms with E-state index in [2.05, 4.69) is 20.3 Å². The SMILES string of the molecule is O=C(NCC(c1cnc(C(F)(F)F)nc1)N1CCC(F)(F)CC1)C1COc2ncccc21. The van der Waals surface area contributed by atoms with Crippen molar-refractivity contribution in [3.8, 4) is 5.88 Å². The Bertz CT molecular complexity index is 960. The number of rotatable bonds is 5. The molecule has 0 spiro atoms. The second-order valence-electron chi connectivity index (χ2n) is 7.75. The van der Waals surface area contributed by atoms with Gasteiger partial charge in [0, 0.05) is 62.2 Å². The molecule has 0 bridgehead atoms. The van der Waals surface area contributed by atoms with E-state index in [-0.39, 0.29) is 45.0 Å². The Morgan fingerprint density at radius 1 is 1.22 bits per heavy atom. The predicted octanol–water partition coefficient (Wildman–Crippen LogP) is 2.96. The number of alkyl halides is 5. The minimum absolute atomic E-state index is 0.00871. The summed E-state index contributed by atoms with van der Waals surface area (Å²) in [6.45, 7) is 0.148. The molecule has 0 aromatic carbocycles. The molecule has 0 saturated carbocycles. The minimum atomic E-state index is -4.70. The number of hydrogen-bond donors (Lipinski definition) is 1. The molecule has 1 N–H and O–H groups in total. The molecule has 2 atom stereocenters. The van der Waals surface area contributed by atoms with Gasteiger partial charge in [0.2, 0.25) is 17.6 Å². The first kappa shape index (κ1) is 22.3. The molecule has 0 radical (unpaired) electrons. The minimum Gasteiger partial charge on any atom is -0.476 e. The lowest BCUT2D eigenvalue weighted by atomic mass is 10.00. The van der Waals surface area contributed by atoms with Gasteiger partial charge in [-0.1, -0.05) is 6.07 Å². The summed E-state index contributed by atoms with van der Waals surface area (Å²) in [6, 6.07) is 2.75. The van der Waals surface area contributed by atoms with Gasteiger partial charge in [-0.3, -0.25) is 9.69 Å². The van der Waals surface area contributed by atoms with Gasteiger partial charge < -0.3 is 10.1 Å². The van der Waals surface area contributed by atoms with E-state index in [1.807, 2.05) is 0 Å². The van der Waals surface area contributed by atoms with Crippen LogP contribution in [-0.4, -0.2) is 57.9 Å². The summed E-state index contributed by atoms with van der Waals surface area (Å²) in [5.74, 6) is -4.65. The zero-order valence-corrected chi connectivity index (χ0v) is 16.8. The Morgan fingerprint density at radius 3 is 2.56 bits per heavy atom. The van der Waals surface area contributed by atoms with Gasteiger partial charge in [0.15, 0.2) is 0 Å². The third-order valence-corrected chi connectivity index (χ3v) is 5.63. The standard InChI is InChI=1S/C20H20F5N5O2/c21-19(22)3-6-30(7-4-19)15(12-8-28-18(29-9-12)20(23,24)25)10-27-16(31)14-11-32-17-13(14)2-1-5-26-17/h1-2,5,8-9,14-15H,3-4,6-7,10-11H2,(H,27,31). The van der Waals surface area contributed by atoms with Gasteiger partial charge in [-0.05, 0) is 6.07 Å². The second-order valence-corrected chi connectivity index (χ2v) is 7.75. The summed E-state index contributed by atoms with van der Waals surface area (Å²) < 4.78 is 71.1. The van der Waals surface area contributed by atoms with Crippen molar-refractivity contribution in [1.29, 1.82) is 0 Å². The van der Waals surface area contributed by atoms with Gasteiger partial charge in [0.1, 0.15) is 12.5 Å².